The lowest BCUT2D eigenvalue weighted by atomic mass is 9.59. The second kappa shape index (κ2) is 8.16. The number of fused-ring (bicyclic) bond motifs is 1. The first-order valence-corrected chi connectivity index (χ1v) is 12.6. The van der Waals surface area contributed by atoms with E-state index in [0.717, 1.165) is 44.6 Å². The van der Waals surface area contributed by atoms with Crippen molar-refractivity contribution in [3.8, 4) is 0 Å². The quantitative estimate of drug-likeness (QED) is 0.634. The molecule has 0 radical (unpaired) electrons. The van der Waals surface area contributed by atoms with Gasteiger partial charge in [0, 0.05) is 76.7 Å². The van der Waals surface area contributed by atoms with Crippen LogP contribution < -0.4 is 15.1 Å². The number of halogens is 1. The number of likely N-dealkylation sites (tertiary alicyclic amines) is 1. The van der Waals surface area contributed by atoms with Gasteiger partial charge in [0.15, 0.2) is 5.82 Å². The highest BCUT2D eigenvalue weighted by molar-refractivity contribution is 6.02. The Morgan fingerprint density at radius 1 is 1.31 bits per heavy atom. The molecule has 2 amide bonds. The Labute approximate surface area is 204 Å². The van der Waals surface area contributed by atoms with Gasteiger partial charge in [0.05, 0.1) is 16.8 Å². The summed E-state index contributed by atoms with van der Waals surface area (Å²) in [4.78, 5) is 29.4. The fourth-order valence-corrected chi connectivity index (χ4v) is 6.66. The number of benzene rings is 1. The van der Waals surface area contributed by atoms with Gasteiger partial charge in [-0.1, -0.05) is 0 Å². The number of aryl methyl sites for hydroxylation is 1. The lowest BCUT2D eigenvalue weighted by Gasteiger charge is -2.64. The minimum Gasteiger partial charge on any atom is -0.372 e. The molecule has 2 aromatic rings. The van der Waals surface area contributed by atoms with Gasteiger partial charge in [0.2, 0.25) is 0 Å². The van der Waals surface area contributed by atoms with Crippen molar-refractivity contribution in [1.82, 2.24) is 20.0 Å². The van der Waals surface area contributed by atoms with Crippen LogP contribution in [0, 0.1) is 11.2 Å². The van der Waals surface area contributed by atoms with Gasteiger partial charge in [-0.2, -0.15) is 5.10 Å². The monoisotopic (exact) mass is 484 g/mol. The number of hydrogen-bond donors (Lipinski definition) is 1. The summed E-state index contributed by atoms with van der Waals surface area (Å²) in [6.45, 7) is 4.98. The van der Waals surface area contributed by atoms with Crippen LogP contribution in [0.25, 0.3) is 10.9 Å². The van der Waals surface area contributed by atoms with E-state index in [0.29, 0.717) is 28.3 Å². The van der Waals surface area contributed by atoms with E-state index in [9.17, 15) is 9.59 Å². The first-order valence-electron chi connectivity index (χ1n) is 12.6. The molecule has 35 heavy (non-hydrogen) atoms. The molecule has 4 aliphatic rings. The van der Waals surface area contributed by atoms with Gasteiger partial charge in [0.25, 0.3) is 0 Å². The summed E-state index contributed by atoms with van der Waals surface area (Å²) >= 11 is 0. The van der Waals surface area contributed by atoms with Crippen molar-refractivity contribution in [2.45, 2.75) is 43.7 Å². The highest BCUT2D eigenvalue weighted by Gasteiger charge is 2.58. The first-order chi connectivity index (χ1) is 16.9. The van der Waals surface area contributed by atoms with Crippen LogP contribution in [-0.4, -0.2) is 85.0 Å². The Balaban J connectivity index is 1.14. The molecule has 6 rings (SSSR count). The van der Waals surface area contributed by atoms with E-state index in [-0.39, 0.29) is 30.4 Å². The Morgan fingerprint density at radius 3 is 2.74 bits per heavy atom. The number of ether oxygens (including phenoxy) is 1. The Morgan fingerprint density at radius 2 is 2.09 bits per heavy atom. The summed E-state index contributed by atoms with van der Waals surface area (Å²) in [5.41, 5.74) is 1.79. The number of carbonyl (C=O) groups excluding carboxylic acids is 2. The first kappa shape index (κ1) is 22.7. The van der Waals surface area contributed by atoms with Crippen molar-refractivity contribution >= 4 is 34.7 Å². The van der Waals surface area contributed by atoms with E-state index in [4.69, 9.17) is 4.74 Å². The smallest absolute Gasteiger partial charge is 0.322 e. The zero-order chi connectivity index (χ0) is 24.4. The Kier molecular flexibility index (Phi) is 5.30. The molecular weight excluding hydrogens is 451 g/mol. The zero-order valence-electron chi connectivity index (χ0n) is 20.4. The largest absolute Gasteiger partial charge is 0.372 e. The molecule has 3 saturated heterocycles. The highest BCUT2D eigenvalue weighted by atomic mass is 19.1. The number of aromatic nitrogens is 2. The summed E-state index contributed by atoms with van der Waals surface area (Å²) < 4.78 is 23.0. The van der Waals surface area contributed by atoms with Crippen molar-refractivity contribution < 1.29 is 18.7 Å². The van der Waals surface area contributed by atoms with Crippen molar-refractivity contribution in [2.75, 3.05) is 56.2 Å². The van der Waals surface area contributed by atoms with Gasteiger partial charge in [-0.25, -0.2) is 9.18 Å². The fourth-order valence-electron chi connectivity index (χ4n) is 6.66. The van der Waals surface area contributed by atoms with Crippen LogP contribution in [0.2, 0.25) is 0 Å². The van der Waals surface area contributed by atoms with E-state index in [2.05, 4.69) is 20.2 Å². The van der Waals surface area contributed by atoms with E-state index in [1.807, 2.05) is 6.07 Å². The average molecular weight is 485 g/mol. The van der Waals surface area contributed by atoms with Gasteiger partial charge < -0.3 is 19.7 Å². The molecular formula is C25H33FN6O3. The summed E-state index contributed by atoms with van der Waals surface area (Å²) in [5, 5.41) is 7.63. The molecule has 4 heterocycles. The number of amides is 2. The molecule has 188 valence electrons. The second-order valence-electron chi connectivity index (χ2n) is 10.9. The topological polar surface area (TPSA) is 82.9 Å². The van der Waals surface area contributed by atoms with Crippen LogP contribution in [0.1, 0.15) is 32.1 Å². The average Bonchev–Trinajstić information content (AvgIpc) is 3.37. The van der Waals surface area contributed by atoms with E-state index >= 15 is 4.39 Å². The molecule has 9 nitrogen and oxygen atoms in total. The number of nitrogens with one attached hydrogen (secondary N) is 1. The van der Waals surface area contributed by atoms with Crippen LogP contribution >= 0.6 is 0 Å². The standard InChI is InChI=1S/C25H33FN6O3/c1-27-23(34)32(6-4-7-33)22-18-9-19(26)21(10-20(18)29(2)28-22)31-13-24(14-31)11-17(12-24)30-15-25(16-30)5-3-8-35-25/h7,9-10,17H,3-6,8,11-16H2,1-2H3,(H,27,34). The number of nitrogens with zero attached hydrogens (tertiary/aromatic N) is 5. The van der Waals surface area contributed by atoms with E-state index in [1.165, 1.54) is 43.7 Å². The minimum absolute atomic E-state index is 0.148. The van der Waals surface area contributed by atoms with Crippen LogP contribution in [0.3, 0.4) is 0 Å². The third kappa shape index (κ3) is 3.60. The fraction of sp³-hybridized carbons (Fsp3) is 0.640. The number of hydrogen-bond acceptors (Lipinski definition) is 6. The van der Waals surface area contributed by atoms with Gasteiger partial charge in [0.1, 0.15) is 12.1 Å². The lowest BCUT2D eigenvalue weighted by molar-refractivity contribution is -0.158. The molecule has 1 saturated carbocycles. The molecule has 0 atom stereocenters. The minimum atomic E-state index is -0.381. The third-order valence-corrected chi connectivity index (χ3v) is 8.50. The highest BCUT2D eigenvalue weighted by Crippen LogP contribution is 2.54. The third-order valence-electron chi connectivity index (χ3n) is 8.50. The zero-order valence-corrected chi connectivity index (χ0v) is 20.4. The molecule has 10 heteroatoms. The normalized spacial score (nSPS) is 22.8. The van der Waals surface area contributed by atoms with E-state index in [1.54, 1.807) is 11.7 Å². The molecule has 3 aliphatic heterocycles. The summed E-state index contributed by atoms with van der Waals surface area (Å²) in [7, 11) is 3.31. The Bertz CT molecular complexity index is 1150. The molecule has 0 bridgehead atoms. The number of aldehydes is 1. The van der Waals surface area contributed by atoms with Crippen LogP contribution in [0.4, 0.5) is 20.7 Å². The Hall–Kier alpha value is -2.72. The number of rotatable bonds is 6. The van der Waals surface area contributed by atoms with Gasteiger partial charge in [-0.3, -0.25) is 14.5 Å². The SMILES string of the molecule is CNC(=O)N(CCC=O)c1nn(C)c2cc(N3CC4(CC(N5CC6(CCCO6)C5)C4)C3)c(F)cc12. The number of anilines is 2. The molecule has 1 aromatic heterocycles. The van der Waals surface area contributed by atoms with Crippen molar-refractivity contribution in [3.63, 3.8) is 0 Å². The van der Waals surface area contributed by atoms with Crippen LogP contribution in [0.15, 0.2) is 12.1 Å². The molecule has 4 fully saturated rings. The molecule has 0 unspecified atom stereocenters. The lowest BCUT2D eigenvalue weighted by Crippen LogP contribution is -2.72. The molecule has 1 aliphatic carbocycles. The maximum atomic E-state index is 15.3. The second-order valence-corrected chi connectivity index (χ2v) is 10.9. The predicted octanol–water partition coefficient (Wildman–Crippen LogP) is 2.28. The van der Waals surface area contributed by atoms with Gasteiger partial charge >= 0.3 is 6.03 Å². The summed E-state index contributed by atoms with van der Waals surface area (Å²) in [6.07, 6.45) is 5.67. The van der Waals surface area contributed by atoms with Gasteiger partial charge in [-0.05, 0) is 37.8 Å². The number of urea groups is 1. The van der Waals surface area contributed by atoms with Crippen molar-refractivity contribution in [1.29, 1.82) is 0 Å². The maximum Gasteiger partial charge on any atom is 0.322 e. The van der Waals surface area contributed by atoms with Crippen LogP contribution in [0.5, 0.6) is 0 Å². The summed E-state index contributed by atoms with van der Waals surface area (Å²) in [5.74, 6) is 0.0439. The maximum absolute atomic E-state index is 15.3. The molecule has 1 aromatic carbocycles. The van der Waals surface area contributed by atoms with Crippen molar-refractivity contribution in [3.05, 3.63) is 17.9 Å². The van der Waals surface area contributed by atoms with E-state index < -0.39 is 0 Å². The summed E-state index contributed by atoms with van der Waals surface area (Å²) in [6, 6.07) is 3.57. The van der Waals surface area contributed by atoms with Crippen LogP contribution in [-0.2, 0) is 16.6 Å². The molecule has 1 N–H and O–H groups in total. The van der Waals surface area contributed by atoms with Gasteiger partial charge in [-0.15, -0.1) is 0 Å². The van der Waals surface area contributed by atoms with Crippen molar-refractivity contribution in [2.24, 2.45) is 12.5 Å². The predicted molar refractivity (Wildman–Crippen MR) is 130 cm³/mol. The number of carbonyl (C=O) groups is 2. The molecule has 2 spiro atoms.